The summed E-state index contributed by atoms with van der Waals surface area (Å²) in [6.07, 6.45) is 1.58. The topological polar surface area (TPSA) is 77.5 Å². The second-order valence-electron chi connectivity index (χ2n) is 2.97. The van der Waals surface area contributed by atoms with E-state index in [1.807, 2.05) is 0 Å². The third-order valence-electron chi connectivity index (χ3n) is 1.97. The van der Waals surface area contributed by atoms with Gasteiger partial charge >= 0.3 is 0 Å². The van der Waals surface area contributed by atoms with Crippen molar-refractivity contribution in [1.82, 2.24) is 4.57 Å². The van der Waals surface area contributed by atoms with Crippen molar-refractivity contribution in [2.45, 2.75) is 6.04 Å². The molecule has 3 N–H and O–H groups in total. The lowest BCUT2D eigenvalue weighted by molar-refractivity contribution is 0.113. The first kappa shape index (κ1) is 10.7. The summed E-state index contributed by atoms with van der Waals surface area (Å²) in [5.41, 5.74) is 5.32. The van der Waals surface area contributed by atoms with Gasteiger partial charge in [-0.3, -0.25) is 4.79 Å². The Hall–Kier alpha value is -1.33. The van der Waals surface area contributed by atoms with E-state index < -0.39 is 0 Å². The predicted molar refractivity (Wildman–Crippen MR) is 53.1 cm³/mol. The van der Waals surface area contributed by atoms with Gasteiger partial charge in [0, 0.05) is 13.3 Å². The fraction of sp³-hybridized carbons (Fsp3) is 0.444. The molecule has 0 aromatic carbocycles. The molecule has 0 spiro atoms. The zero-order valence-corrected chi connectivity index (χ0v) is 8.01. The average molecular weight is 198 g/mol. The summed E-state index contributed by atoms with van der Waals surface area (Å²) in [6.45, 7) is 0.122. The first-order valence-corrected chi connectivity index (χ1v) is 4.27. The van der Waals surface area contributed by atoms with E-state index in [9.17, 15) is 4.79 Å². The van der Waals surface area contributed by atoms with Crippen LogP contribution in [-0.4, -0.2) is 30.0 Å². The van der Waals surface area contributed by atoms with Gasteiger partial charge in [0.15, 0.2) is 0 Å². The van der Waals surface area contributed by atoms with Crippen LogP contribution in [0.5, 0.6) is 0 Å². The Labute approximate surface area is 81.7 Å². The SMILES string of the molecule is COCC(CO)n1cccc(N)c1=O. The molecule has 14 heavy (non-hydrogen) atoms. The summed E-state index contributed by atoms with van der Waals surface area (Å²) in [4.78, 5) is 11.5. The zero-order chi connectivity index (χ0) is 10.6. The summed E-state index contributed by atoms with van der Waals surface area (Å²) in [6, 6.07) is 2.81. The molecular formula is C9H14N2O3. The van der Waals surface area contributed by atoms with Crippen molar-refractivity contribution < 1.29 is 9.84 Å². The Balaban J connectivity index is 3.04. The van der Waals surface area contributed by atoms with Crippen LogP contribution in [0, 0.1) is 0 Å². The minimum absolute atomic E-state index is 0.156. The lowest BCUT2D eigenvalue weighted by atomic mass is 10.3. The number of hydrogen-bond acceptors (Lipinski definition) is 4. The Morgan fingerprint density at radius 2 is 2.43 bits per heavy atom. The lowest BCUT2D eigenvalue weighted by Gasteiger charge is -2.16. The van der Waals surface area contributed by atoms with Gasteiger partial charge in [-0.05, 0) is 12.1 Å². The van der Waals surface area contributed by atoms with Crippen molar-refractivity contribution in [3.8, 4) is 0 Å². The average Bonchev–Trinajstić information content (AvgIpc) is 2.19. The minimum atomic E-state index is -0.379. The summed E-state index contributed by atoms with van der Waals surface area (Å²) < 4.78 is 6.26. The van der Waals surface area contributed by atoms with Crippen molar-refractivity contribution in [3.63, 3.8) is 0 Å². The number of ether oxygens (including phenoxy) is 1. The second-order valence-corrected chi connectivity index (χ2v) is 2.97. The monoisotopic (exact) mass is 198 g/mol. The Kier molecular flexibility index (Phi) is 3.67. The molecule has 0 aliphatic rings. The molecule has 5 nitrogen and oxygen atoms in total. The first-order valence-electron chi connectivity index (χ1n) is 4.27. The maximum absolute atomic E-state index is 11.5. The number of anilines is 1. The number of methoxy groups -OCH3 is 1. The van der Waals surface area contributed by atoms with E-state index in [1.54, 1.807) is 12.3 Å². The minimum Gasteiger partial charge on any atom is -0.394 e. The highest BCUT2D eigenvalue weighted by Crippen LogP contribution is 2.03. The molecule has 0 amide bonds. The molecule has 1 aromatic heterocycles. The van der Waals surface area contributed by atoms with Gasteiger partial charge in [0.05, 0.1) is 24.9 Å². The van der Waals surface area contributed by atoms with Crippen LogP contribution in [0.1, 0.15) is 6.04 Å². The molecule has 0 saturated heterocycles. The quantitative estimate of drug-likeness (QED) is 0.690. The molecule has 0 radical (unpaired) electrons. The molecular weight excluding hydrogens is 184 g/mol. The number of aromatic nitrogens is 1. The van der Waals surface area contributed by atoms with Gasteiger partial charge in [-0.25, -0.2) is 0 Å². The fourth-order valence-corrected chi connectivity index (χ4v) is 1.23. The molecule has 0 bridgehead atoms. The van der Waals surface area contributed by atoms with Crippen molar-refractivity contribution in [2.24, 2.45) is 0 Å². The number of nitrogens with zero attached hydrogens (tertiary/aromatic N) is 1. The van der Waals surface area contributed by atoms with Gasteiger partial charge in [-0.2, -0.15) is 0 Å². The number of aliphatic hydroxyl groups excluding tert-OH is 1. The van der Waals surface area contributed by atoms with Crippen molar-refractivity contribution in [3.05, 3.63) is 28.7 Å². The molecule has 0 fully saturated rings. The van der Waals surface area contributed by atoms with Crippen LogP contribution < -0.4 is 11.3 Å². The van der Waals surface area contributed by atoms with E-state index >= 15 is 0 Å². The van der Waals surface area contributed by atoms with Gasteiger partial charge < -0.3 is 20.1 Å². The highest BCUT2D eigenvalue weighted by molar-refractivity contribution is 5.33. The van der Waals surface area contributed by atoms with Crippen LogP contribution in [0.15, 0.2) is 23.1 Å². The standard InChI is InChI=1S/C9H14N2O3/c1-14-6-7(5-12)11-4-2-3-8(10)9(11)13/h2-4,7,12H,5-6,10H2,1H3. The van der Waals surface area contributed by atoms with Gasteiger partial charge in [0.2, 0.25) is 0 Å². The summed E-state index contributed by atoms with van der Waals surface area (Å²) in [5.74, 6) is 0. The lowest BCUT2D eigenvalue weighted by Crippen LogP contribution is -2.30. The van der Waals surface area contributed by atoms with Gasteiger partial charge in [0.1, 0.15) is 0 Å². The van der Waals surface area contributed by atoms with Crippen LogP contribution >= 0.6 is 0 Å². The zero-order valence-electron chi connectivity index (χ0n) is 8.01. The van der Waals surface area contributed by atoms with Gasteiger partial charge in [-0.15, -0.1) is 0 Å². The van der Waals surface area contributed by atoms with E-state index in [-0.39, 0.29) is 30.5 Å². The Morgan fingerprint density at radius 1 is 1.71 bits per heavy atom. The van der Waals surface area contributed by atoms with Crippen molar-refractivity contribution in [2.75, 3.05) is 26.1 Å². The van der Waals surface area contributed by atoms with E-state index in [0.717, 1.165) is 0 Å². The number of nitrogen functional groups attached to an aromatic ring is 1. The van der Waals surface area contributed by atoms with Gasteiger partial charge in [0.25, 0.3) is 5.56 Å². The summed E-state index contributed by atoms with van der Waals surface area (Å²) in [5, 5.41) is 9.05. The molecule has 1 rings (SSSR count). The van der Waals surface area contributed by atoms with Crippen LogP contribution in [0.25, 0.3) is 0 Å². The van der Waals surface area contributed by atoms with E-state index in [2.05, 4.69) is 0 Å². The normalized spacial score (nSPS) is 12.7. The van der Waals surface area contributed by atoms with E-state index in [0.29, 0.717) is 0 Å². The third kappa shape index (κ3) is 2.12. The van der Waals surface area contributed by atoms with E-state index in [4.69, 9.17) is 15.6 Å². The molecule has 78 valence electrons. The van der Waals surface area contributed by atoms with Crippen molar-refractivity contribution >= 4 is 5.69 Å². The smallest absolute Gasteiger partial charge is 0.274 e. The largest absolute Gasteiger partial charge is 0.394 e. The maximum atomic E-state index is 11.5. The van der Waals surface area contributed by atoms with Crippen LogP contribution in [-0.2, 0) is 4.74 Å². The van der Waals surface area contributed by atoms with E-state index in [1.165, 1.54) is 17.7 Å². The molecule has 0 saturated carbocycles. The van der Waals surface area contributed by atoms with Crippen LogP contribution in [0.4, 0.5) is 5.69 Å². The highest BCUT2D eigenvalue weighted by atomic mass is 16.5. The maximum Gasteiger partial charge on any atom is 0.274 e. The fourth-order valence-electron chi connectivity index (χ4n) is 1.23. The Morgan fingerprint density at radius 3 is 3.00 bits per heavy atom. The number of hydrogen-bond donors (Lipinski definition) is 2. The number of pyridine rings is 1. The van der Waals surface area contributed by atoms with Crippen LogP contribution in [0.3, 0.4) is 0 Å². The number of aliphatic hydroxyl groups is 1. The number of nitrogens with two attached hydrogens (primary N) is 1. The predicted octanol–water partition coefficient (Wildman–Crippen LogP) is -0.390. The first-order chi connectivity index (χ1) is 6.70. The van der Waals surface area contributed by atoms with Crippen LogP contribution in [0.2, 0.25) is 0 Å². The Bertz CT molecular complexity index is 348. The molecule has 1 unspecified atom stereocenters. The molecule has 0 aliphatic carbocycles. The highest BCUT2D eigenvalue weighted by Gasteiger charge is 2.11. The summed E-state index contributed by atoms with van der Waals surface area (Å²) >= 11 is 0. The second kappa shape index (κ2) is 4.78. The summed E-state index contributed by atoms with van der Waals surface area (Å²) in [7, 11) is 1.51. The molecule has 0 aliphatic heterocycles. The molecule has 1 atom stereocenters. The molecule has 5 heteroatoms. The van der Waals surface area contributed by atoms with Gasteiger partial charge in [-0.1, -0.05) is 0 Å². The third-order valence-corrected chi connectivity index (χ3v) is 1.97. The van der Waals surface area contributed by atoms with Crippen molar-refractivity contribution in [1.29, 1.82) is 0 Å². The molecule has 1 aromatic rings. The molecule has 1 heterocycles. The number of rotatable bonds is 4.